The van der Waals surface area contributed by atoms with Crippen LogP contribution in [0.15, 0.2) is 63.8 Å². The van der Waals surface area contributed by atoms with Crippen molar-refractivity contribution in [1.82, 2.24) is 8.87 Å². The van der Waals surface area contributed by atoms with Crippen LogP contribution in [0.5, 0.6) is 5.75 Å². The molecule has 164 valence electrons. The Hall–Kier alpha value is -2.42. The van der Waals surface area contributed by atoms with E-state index < -0.39 is 10.0 Å². The fraction of sp³-hybridized carbons (Fsp3) is 0.348. The van der Waals surface area contributed by atoms with Gasteiger partial charge in [0.2, 0.25) is 10.0 Å². The summed E-state index contributed by atoms with van der Waals surface area (Å²) in [5.74, 6) is 0.802. The van der Waals surface area contributed by atoms with Crippen LogP contribution >= 0.6 is 11.3 Å². The predicted molar refractivity (Wildman–Crippen MR) is 124 cm³/mol. The molecule has 1 fully saturated rings. The number of thiazole rings is 1. The molecule has 0 atom stereocenters. The summed E-state index contributed by atoms with van der Waals surface area (Å²) < 4.78 is 34.6. The number of benzene rings is 2. The second-order valence-electron chi connectivity index (χ2n) is 7.50. The SMILES string of the molecule is CCCn1c(-c2ccc(S(=O)(=O)N3CCCC3)cc2)csc1=Nc1ccc(OC)cc1. The van der Waals surface area contributed by atoms with Gasteiger partial charge < -0.3 is 9.30 Å². The van der Waals surface area contributed by atoms with Crippen LogP contribution in [0.4, 0.5) is 5.69 Å². The zero-order chi connectivity index (χ0) is 21.8. The van der Waals surface area contributed by atoms with Crippen LogP contribution in [-0.4, -0.2) is 37.5 Å². The maximum absolute atomic E-state index is 12.8. The molecular formula is C23H27N3O3S2. The smallest absolute Gasteiger partial charge is 0.243 e. The topological polar surface area (TPSA) is 63.9 Å². The Morgan fingerprint density at radius 3 is 2.32 bits per heavy atom. The number of methoxy groups -OCH3 is 1. The Morgan fingerprint density at radius 2 is 1.71 bits per heavy atom. The molecule has 31 heavy (non-hydrogen) atoms. The summed E-state index contributed by atoms with van der Waals surface area (Å²) in [5, 5.41) is 2.09. The van der Waals surface area contributed by atoms with Crippen LogP contribution in [0, 0.1) is 0 Å². The van der Waals surface area contributed by atoms with Gasteiger partial charge in [-0.1, -0.05) is 19.1 Å². The van der Waals surface area contributed by atoms with E-state index in [9.17, 15) is 8.42 Å². The first-order valence-corrected chi connectivity index (χ1v) is 12.8. The second kappa shape index (κ2) is 9.38. The van der Waals surface area contributed by atoms with Gasteiger partial charge in [-0.2, -0.15) is 4.31 Å². The largest absolute Gasteiger partial charge is 0.497 e. The van der Waals surface area contributed by atoms with Gasteiger partial charge >= 0.3 is 0 Å². The second-order valence-corrected chi connectivity index (χ2v) is 10.3. The van der Waals surface area contributed by atoms with E-state index in [2.05, 4.69) is 16.9 Å². The molecule has 1 saturated heterocycles. The Bertz CT molecular complexity index is 1190. The lowest BCUT2D eigenvalue weighted by molar-refractivity contribution is 0.415. The summed E-state index contributed by atoms with van der Waals surface area (Å²) in [6.07, 6.45) is 2.84. The molecule has 3 aromatic rings. The highest BCUT2D eigenvalue weighted by atomic mass is 32.2. The molecule has 0 bridgehead atoms. The Labute approximate surface area is 187 Å². The van der Waals surface area contributed by atoms with Crippen molar-refractivity contribution in [2.75, 3.05) is 20.2 Å². The molecule has 1 aliphatic heterocycles. The average molecular weight is 458 g/mol. The fourth-order valence-electron chi connectivity index (χ4n) is 3.73. The highest BCUT2D eigenvalue weighted by molar-refractivity contribution is 7.89. The minimum Gasteiger partial charge on any atom is -0.497 e. The van der Waals surface area contributed by atoms with Crippen LogP contribution in [0.3, 0.4) is 0 Å². The van der Waals surface area contributed by atoms with Gasteiger partial charge in [-0.3, -0.25) is 0 Å². The van der Waals surface area contributed by atoms with Gasteiger partial charge in [0, 0.05) is 25.0 Å². The average Bonchev–Trinajstić information content (AvgIpc) is 3.46. The van der Waals surface area contributed by atoms with Gasteiger partial charge in [0.15, 0.2) is 4.80 Å². The van der Waals surface area contributed by atoms with E-state index in [0.717, 1.165) is 53.3 Å². The van der Waals surface area contributed by atoms with E-state index in [0.29, 0.717) is 18.0 Å². The number of rotatable bonds is 7. The van der Waals surface area contributed by atoms with Gasteiger partial charge in [0.05, 0.1) is 23.4 Å². The number of sulfonamides is 1. The Balaban J connectivity index is 1.67. The van der Waals surface area contributed by atoms with Crippen LogP contribution < -0.4 is 9.54 Å². The minimum absolute atomic E-state index is 0.360. The lowest BCUT2D eigenvalue weighted by atomic mass is 10.2. The lowest BCUT2D eigenvalue weighted by Crippen LogP contribution is -2.27. The first-order chi connectivity index (χ1) is 15.0. The van der Waals surface area contributed by atoms with Gasteiger partial charge in [0.25, 0.3) is 0 Å². The molecule has 0 spiro atoms. The predicted octanol–water partition coefficient (Wildman–Crippen LogP) is 4.65. The van der Waals surface area contributed by atoms with E-state index in [1.165, 1.54) is 0 Å². The molecule has 0 N–H and O–H groups in total. The van der Waals surface area contributed by atoms with Gasteiger partial charge in [0.1, 0.15) is 5.75 Å². The maximum Gasteiger partial charge on any atom is 0.243 e. The third kappa shape index (κ3) is 4.61. The van der Waals surface area contributed by atoms with Crippen molar-refractivity contribution >= 4 is 27.0 Å². The molecule has 0 amide bonds. The summed E-state index contributed by atoms with van der Waals surface area (Å²) in [4.78, 5) is 6.09. The van der Waals surface area contributed by atoms with Crippen molar-refractivity contribution in [3.05, 3.63) is 58.7 Å². The van der Waals surface area contributed by atoms with Crippen molar-refractivity contribution in [2.45, 2.75) is 37.6 Å². The highest BCUT2D eigenvalue weighted by Crippen LogP contribution is 2.26. The summed E-state index contributed by atoms with van der Waals surface area (Å²) in [6.45, 7) is 4.20. The molecule has 1 aromatic heterocycles. The molecule has 4 rings (SSSR count). The molecular weight excluding hydrogens is 430 g/mol. The molecule has 0 aliphatic carbocycles. The third-order valence-electron chi connectivity index (χ3n) is 5.39. The van der Waals surface area contributed by atoms with Crippen molar-refractivity contribution in [3.8, 4) is 17.0 Å². The molecule has 0 radical (unpaired) electrons. The van der Waals surface area contributed by atoms with E-state index >= 15 is 0 Å². The lowest BCUT2D eigenvalue weighted by Gasteiger charge is -2.16. The third-order valence-corrected chi connectivity index (χ3v) is 8.17. The molecule has 0 unspecified atom stereocenters. The van der Waals surface area contributed by atoms with Crippen LogP contribution in [0.25, 0.3) is 11.3 Å². The maximum atomic E-state index is 12.8. The first-order valence-electron chi connectivity index (χ1n) is 10.5. The summed E-state index contributed by atoms with van der Waals surface area (Å²) in [6, 6.07) is 14.9. The van der Waals surface area contributed by atoms with Gasteiger partial charge in [-0.05, 0) is 61.2 Å². The molecule has 2 aromatic carbocycles. The van der Waals surface area contributed by atoms with Crippen LogP contribution in [0.1, 0.15) is 26.2 Å². The van der Waals surface area contributed by atoms with E-state index in [1.54, 1.807) is 34.9 Å². The number of hydrogen-bond donors (Lipinski definition) is 0. The molecule has 1 aliphatic rings. The van der Waals surface area contributed by atoms with Crippen LogP contribution in [-0.2, 0) is 16.6 Å². The molecule has 2 heterocycles. The monoisotopic (exact) mass is 457 g/mol. The fourth-order valence-corrected chi connectivity index (χ4v) is 6.20. The summed E-state index contributed by atoms with van der Waals surface area (Å²) in [7, 11) is -1.75. The van der Waals surface area contributed by atoms with Gasteiger partial charge in [-0.15, -0.1) is 11.3 Å². The zero-order valence-corrected chi connectivity index (χ0v) is 19.5. The number of aromatic nitrogens is 1. The van der Waals surface area contributed by atoms with Gasteiger partial charge in [-0.25, -0.2) is 13.4 Å². The molecule has 0 saturated carbocycles. The Kier molecular flexibility index (Phi) is 6.60. The number of hydrogen-bond acceptors (Lipinski definition) is 5. The molecule has 8 heteroatoms. The zero-order valence-electron chi connectivity index (χ0n) is 17.8. The van der Waals surface area contributed by atoms with Crippen molar-refractivity contribution in [2.24, 2.45) is 4.99 Å². The van der Waals surface area contributed by atoms with E-state index in [-0.39, 0.29) is 0 Å². The van der Waals surface area contributed by atoms with E-state index in [1.807, 2.05) is 36.4 Å². The quantitative estimate of drug-likeness (QED) is 0.519. The number of ether oxygens (including phenoxy) is 1. The Morgan fingerprint density at radius 1 is 1.03 bits per heavy atom. The summed E-state index contributed by atoms with van der Waals surface area (Å²) >= 11 is 1.58. The highest BCUT2D eigenvalue weighted by Gasteiger charge is 2.27. The van der Waals surface area contributed by atoms with Crippen molar-refractivity contribution < 1.29 is 13.2 Å². The first kappa shape index (κ1) is 21.8. The normalized spacial score (nSPS) is 15.5. The standard InChI is InChI=1S/C23H27N3O3S2/c1-3-14-26-22(17-30-23(26)24-19-8-10-20(29-2)11-9-19)18-6-12-21(13-7-18)31(27,28)25-15-4-5-16-25/h6-13,17H,3-5,14-16H2,1-2H3. The minimum atomic E-state index is -3.40. The van der Waals surface area contributed by atoms with Crippen molar-refractivity contribution in [3.63, 3.8) is 0 Å². The summed E-state index contributed by atoms with van der Waals surface area (Å²) in [5.41, 5.74) is 2.90. The van der Waals surface area contributed by atoms with Crippen molar-refractivity contribution in [1.29, 1.82) is 0 Å². The van der Waals surface area contributed by atoms with E-state index in [4.69, 9.17) is 9.73 Å². The number of nitrogens with zero attached hydrogens (tertiary/aromatic N) is 3. The van der Waals surface area contributed by atoms with Crippen LogP contribution in [0.2, 0.25) is 0 Å². The molecule has 6 nitrogen and oxygen atoms in total.